The summed E-state index contributed by atoms with van der Waals surface area (Å²) in [6, 6.07) is 3.90. The average molecular weight is 294 g/mol. The average Bonchev–Trinajstić information content (AvgIpc) is 3.06. The third-order valence-electron chi connectivity index (χ3n) is 3.20. The minimum absolute atomic E-state index is 0.0304. The van der Waals surface area contributed by atoms with Crippen molar-refractivity contribution in [2.45, 2.75) is 32.9 Å². The van der Waals surface area contributed by atoms with Crippen LogP contribution in [0, 0.1) is 0 Å². The van der Waals surface area contributed by atoms with Crippen molar-refractivity contribution in [1.29, 1.82) is 0 Å². The summed E-state index contributed by atoms with van der Waals surface area (Å²) >= 11 is 1.51. The smallest absolute Gasteiger partial charge is 0.317 e. The van der Waals surface area contributed by atoms with Crippen LogP contribution in [0.1, 0.15) is 26.0 Å². The summed E-state index contributed by atoms with van der Waals surface area (Å²) in [5.74, 6) is -0.0682. The topological polar surface area (TPSA) is 66.6 Å². The van der Waals surface area contributed by atoms with E-state index in [0.29, 0.717) is 6.54 Å². The quantitative estimate of drug-likeness (QED) is 0.850. The van der Waals surface area contributed by atoms with Crippen LogP contribution in [0.25, 0.3) is 10.8 Å². The molecule has 2 aromatic rings. The molecular weight excluding hydrogens is 276 g/mol. The molecule has 0 fully saturated rings. The molecule has 0 saturated heterocycles. The summed E-state index contributed by atoms with van der Waals surface area (Å²) in [5.41, 5.74) is 0.878. The first-order chi connectivity index (χ1) is 9.60. The first-order valence-corrected chi connectivity index (χ1v) is 7.42. The Bertz CT molecular complexity index is 551. The molecule has 0 saturated carbocycles. The van der Waals surface area contributed by atoms with Crippen LogP contribution in [0.15, 0.2) is 28.2 Å². The Morgan fingerprint density at radius 1 is 1.60 bits per heavy atom. The van der Waals surface area contributed by atoms with Crippen molar-refractivity contribution in [2.24, 2.45) is 0 Å². The molecule has 1 atom stereocenters. The standard InChI is InChI=1S/C14H18N2O3S/c1-3-10(2)16(8-13(17)18)7-11-9-20-14(15-11)12-5-4-6-19-12/h4-6,9-10H,3,7-8H2,1-2H3,(H,17,18). The van der Waals surface area contributed by atoms with Gasteiger partial charge in [-0.2, -0.15) is 0 Å². The molecule has 6 heteroatoms. The summed E-state index contributed by atoms with van der Waals surface area (Å²) in [7, 11) is 0. The fourth-order valence-corrected chi connectivity index (χ4v) is 2.68. The molecule has 0 aliphatic rings. The lowest BCUT2D eigenvalue weighted by molar-refractivity contribution is -0.139. The first kappa shape index (κ1) is 14.7. The number of furan rings is 1. The Labute approximate surface area is 121 Å². The van der Waals surface area contributed by atoms with Gasteiger partial charge in [-0.1, -0.05) is 6.92 Å². The van der Waals surface area contributed by atoms with Gasteiger partial charge in [-0.05, 0) is 25.5 Å². The van der Waals surface area contributed by atoms with Crippen molar-refractivity contribution in [2.75, 3.05) is 6.54 Å². The highest BCUT2D eigenvalue weighted by Gasteiger charge is 2.17. The number of hydrogen-bond donors (Lipinski definition) is 1. The highest BCUT2D eigenvalue weighted by molar-refractivity contribution is 7.13. The van der Waals surface area contributed by atoms with E-state index in [4.69, 9.17) is 9.52 Å². The summed E-state index contributed by atoms with van der Waals surface area (Å²) in [6.07, 6.45) is 2.52. The molecule has 0 bridgehead atoms. The van der Waals surface area contributed by atoms with E-state index in [1.807, 2.05) is 29.3 Å². The van der Waals surface area contributed by atoms with Gasteiger partial charge < -0.3 is 9.52 Å². The SMILES string of the molecule is CCC(C)N(CC(=O)O)Cc1csc(-c2ccco2)n1. The molecule has 0 aliphatic heterocycles. The van der Waals surface area contributed by atoms with E-state index in [9.17, 15) is 4.79 Å². The maximum absolute atomic E-state index is 10.9. The van der Waals surface area contributed by atoms with E-state index >= 15 is 0 Å². The summed E-state index contributed by atoms with van der Waals surface area (Å²) in [5, 5.41) is 11.8. The first-order valence-electron chi connectivity index (χ1n) is 6.54. The summed E-state index contributed by atoms with van der Waals surface area (Å²) < 4.78 is 5.31. The fraction of sp³-hybridized carbons (Fsp3) is 0.429. The zero-order valence-electron chi connectivity index (χ0n) is 11.6. The third-order valence-corrected chi connectivity index (χ3v) is 4.11. The number of carboxylic acid groups (broad SMARTS) is 1. The lowest BCUT2D eigenvalue weighted by Gasteiger charge is -2.25. The van der Waals surface area contributed by atoms with Crippen molar-refractivity contribution in [3.63, 3.8) is 0 Å². The molecule has 0 radical (unpaired) electrons. The molecule has 0 amide bonds. The van der Waals surface area contributed by atoms with E-state index in [0.717, 1.165) is 22.9 Å². The number of carbonyl (C=O) groups is 1. The number of carboxylic acids is 1. The summed E-state index contributed by atoms with van der Waals surface area (Å²) in [4.78, 5) is 17.4. The molecule has 0 aliphatic carbocycles. The normalized spacial score (nSPS) is 12.8. The van der Waals surface area contributed by atoms with Gasteiger partial charge in [-0.15, -0.1) is 11.3 Å². The van der Waals surface area contributed by atoms with Crippen molar-refractivity contribution < 1.29 is 14.3 Å². The van der Waals surface area contributed by atoms with Gasteiger partial charge in [-0.25, -0.2) is 4.98 Å². The molecule has 2 rings (SSSR count). The van der Waals surface area contributed by atoms with E-state index in [1.54, 1.807) is 6.26 Å². The molecule has 0 aromatic carbocycles. The van der Waals surface area contributed by atoms with Crippen molar-refractivity contribution >= 4 is 17.3 Å². The number of thiazole rings is 1. The Kier molecular flexibility index (Phi) is 4.92. The highest BCUT2D eigenvalue weighted by Crippen LogP contribution is 2.24. The zero-order valence-corrected chi connectivity index (χ0v) is 12.4. The second-order valence-electron chi connectivity index (χ2n) is 4.68. The fourth-order valence-electron chi connectivity index (χ4n) is 1.90. The monoisotopic (exact) mass is 294 g/mol. The van der Waals surface area contributed by atoms with Gasteiger partial charge in [0.1, 0.15) is 0 Å². The van der Waals surface area contributed by atoms with Gasteiger partial charge in [0.2, 0.25) is 0 Å². The van der Waals surface area contributed by atoms with Gasteiger partial charge >= 0.3 is 5.97 Å². The Balaban J connectivity index is 2.08. The predicted molar refractivity (Wildman–Crippen MR) is 77.6 cm³/mol. The third kappa shape index (κ3) is 3.68. The number of aliphatic carboxylic acids is 1. The molecule has 2 heterocycles. The van der Waals surface area contributed by atoms with E-state index < -0.39 is 5.97 Å². The number of rotatable bonds is 7. The molecule has 0 spiro atoms. The van der Waals surface area contributed by atoms with E-state index in [1.165, 1.54) is 11.3 Å². The maximum Gasteiger partial charge on any atom is 0.317 e. The summed E-state index contributed by atoms with van der Waals surface area (Å²) in [6.45, 7) is 4.65. The predicted octanol–water partition coefficient (Wildman–Crippen LogP) is 3.09. The second-order valence-corrected chi connectivity index (χ2v) is 5.54. The Morgan fingerprint density at radius 3 is 3.00 bits per heavy atom. The van der Waals surface area contributed by atoms with E-state index in [-0.39, 0.29) is 12.6 Å². The lowest BCUT2D eigenvalue weighted by atomic mass is 10.2. The molecule has 1 unspecified atom stereocenters. The van der Waals surface area contributed by atoms with Crippen LogP contribution in [0.3, 0.4) is 0 Å². The Hall–Kier alpha value is -1.66. The molecule has 108 valence electrons. The van der Waals surface area contributed by atoms with E-state index in [2.05, 4.69) is 11.9 Å². The highest BCUT2D eigenvalue weighted by atomic mass is 32.1. The van der Waals surface area contributed by atoms with Crippen molar-refractivity contribution in [3.05, 3.63) is 29.5 Å². The van der Waals surface area contributed by atoms with Crippen molar-refractivity contribution in [1.82, 2.24) is 9.88 Å². The molecule has 5 nitrogen and oxygen atoms in total. The number of aromatic nitrogens is 1. The molecular formula is C14H18N2O3S. The maximum atomic E-state index is 10.9. The van der Waals surface area contributed by atoms with Crippen LogP contribution in [0.5, 0.6) is 0 Å². The minimum atomic E-state index is -0.813. The second kappa shape index (κ2) is 6.67. The van der Waals surface area contributed by atoms with Crippen molar-refractivity contribution in [3.8, 4) is 10.8 Å². The minimum Gasteiger partial charge on any atom is -0.480 e. The van der Waals surface area contributed by atoms with Gasteiger partial charge in [0.25, 0.3) is 0 Å². The van der Waals surface area contributed by atoms with Crippen LogP contribution >= 0.6 is 11.3 Å². The van der Waals surface area contributed by atoms with Crippen LogP contribution in [0.2, 0.25) is 0 Å². The van der Waals surface area contributed by atoms with Gasteiger partial charge in [0, 0.05) is 18.0 Å². The zero-order chi connectivity index (χ0) is 14.5. The molecule has 20 heavy (non-hydrogen) atoms. The molecule has 2 aromatic heterocycles. The molecule has 1 N–H and O–H groups in total. The van der Waals surface area contributed by atoms with Gasteiger partial charge in [-0.3, -0.25) is 9.69 Å². The van der Waals surface area contributed by atoms with Gasteiger partial charge in [0.15, 0.2) is 10.8 Å². The van der Waals surface area contributed by atoms with Crippen LogP contribution in [0.4, 0.5) is 0 Å². The lowest BCUT2D eigenvalue weighted by Crippen LogP contribution is -2.36. The Morgan fingerprint density at radius 2 is 2.40 bits per heavy atom. The van der Waals surface area contributed by atoms with Crippen LogP contribution in [-0.4, -0.2) is 33.5 Å². The van der Waals surface area contributed by atoms with Crippen LogP contribution < -0.4 is 0 Å². The van der Waals surface area contributed by atoms with Gasteiger partial charge in [0.05, 0.1) is 18.5 Å². The van der Waals surface area contributed by atoms with Crippen LogP contribution in [-0.2, 0) is 11.3 Å². The number of hydrogen-bond acceptors (Lipinski definition) is 5. The number of nitrogens with zero attached hydrogens (tertiary/aromatic N) is 2. The largest absolute Gasteiger partial charge is 0.480 e.